The van der Waals surface area contributed by atoms with Crippen molar-refractivity contribution in [2.24, 2.45) is 5.10 Å². The Morgan fingerprint density at radius 3 is 2.96 bits per heavy atom. The normalized spacial score (nSPS) is 21.0. The molecule has 2 amide bonds. The highest BCUT2D eigenvalue weighted by Crippen LogP contribution is 2.20. The largest absolute Gasteiger partial charge is 0.368 e. The molecule has 1 aromatic heterocycles. The van der Waals surface area contributed by atoms with Crippen molar-refractivity contribution in [1.29, 1.82) is 0 Å². The van der Waals surface area contributed by atoms with E-state index in [4.69, 9.17) is 0 Å². The molecule has 0 bridgehead atoms. The highest BCUT2D eigenvalue weighted by Gasteiger charge is 2.33. The standard InChI is InChI=1S/C17H23N5O2/c1-12-5-3-7-15(19-12)18-11-13-6-4-10-22(13)17(24)14-8-9-16(23)21(2)20-14/h3,5,7,13H,4,6,8-11H2,1-2H3,(H,18,19). The Bertz CT molecular complexity index is 673. The number of carbonyl (C=O) groups excluding carboxylic acids is 2. The Balaban J connectivity index is 1.64. The van der Waals surface area contributed by atoms with Crippen LogP contribution in [0.15, 0.2) is 23.3 Å². The van der Waals surface area contributed by atoms with Crippen LogP contribution in [0.25, 0.3) is 0 Å². The first-order valence-corrected chi connectivity index (χ1v) is 8.37. The van der Waals surface area contributed by atoms with Gasteiger partial charge in [0.2, 0.25) is 5.91 Å². The number of aromatic nitrogens is 1. The van der Waals surface area contributed by atoms with Crippen LogP contribution in [0.3, 0.4) is 0 Å². The number of pyridine rings is 1. The Kier molecular flexibility index (Phi) is 4.78. The first-order valence-electron chi connectivity index (χ1n) is 8.37. The zero-order valence-electron chi connectivity index (χ0n) is 14.2. The lowest BCUT2D eigenvalue weighted by molar-refractivity contribution is -0.130. The summed E-state index contributed by atoms with van der Waals surface area (Å²) < 4.78 is 0. The predicted molar refractivity (Wildman–Crippen MR) is 91.6 cm³/mol. The van der Waals surface area contributed by atoms with Crippen molar-refractivity contribution < 1.29 is 9.59 Å². The van der Waals surface area contributed by atoms with Crippen LogP contribution in [0, 0.1) is 6.92 Å². The molecule has 2 aliphatic heterocycles. The molecule has 0 aliphatic carbocycles. The van der Waals surface area contributed by atoms with E-state index in [2.05, 4.69) is 15.4 Å². The molecule has 1 unspecified atom stereocenters. The maximum absolute atomic E-state index is 12.7. The van der Waals surface area contributed by atoms with E-state index in [1.165, 1.54) is 5.01 Å². The number of nitrogens with one attached hydrogen (secondary N) is 1. The number of hydrogen-bond acceptors (Lipinski definition) is 5. The Labute approximate surface area is 141 Å². The van der Waals surface area contributed by atoms with Gasteiger partial charge in [-0.05, 0) is 31.9 Å². The highest BCUT2D eigenvalue weighted by molar-refractivity contribution is 6.39. The number of carbonyl (C=O) groups is 2. The number of anilines is 1. The summed E-state index contributed by atoms with van der Waals surface area (Å²) in [5, 5.41) is 8.74. The van der Waals surface area contributed by atoms with Crippen LogP contribution in [0.2, 0.25) is 0 Å². The molecule has 1 fully saturated rings. The summed E-state index contributed by atoms with van der Waals surface area (Å²) in [6.07, 6.45) is 2.73. The number of hydrogen-bond donors (Lipinski definition) is 1. The van der Waals surface area contributed by atoms with Crippen molar-refractivity contribution in [3.63, 3.8) is 0 Å². The van der Waals surface area contributed by atoms with Crippen molar-refractivity contribution >= 4 is 23.3 Å². The van der Waals surface area contributed by atoms with Gasteiger partial charge in [-0.1, -0.05) is 6.07 Å². The summed E-state index contributed by atoms with van der Waals surface area (Å²) in [6.45, 7) is 3.36. The number of rotatable bonds is 4. The zero-order chi connectivity index (χ0) is 17.1. The minimum atomic E-state index is -0.0455. The van der Waals surface area contributed by atoms with E-state index in [1.807, 2.05) is 30.0 Å². The molecule has 2 aliphatic rings. The van der Waals surface area contributed by atoms with Crippen LogP contribution in [-0.4, -0.2) is 58.6 Å². The maximum atomic E-state index is 12.7. The molecule has 128 valence electrons. The second-order valence-corrected chi connectivity index (χ2v) is 6.30. The number of likely N-dealkylation sites (tertiary alicyclic amines) is 1. The summed E-state index contributed by atoms with van der Waals surface area (Å²) >= 11 is 0. The fourth-order valence-electron chi connectivity index (χ4n) is 3.17. The molecule has 24 heavy (non-hydrogen) atoms. The van der Waals surface area contributed by atoms with Gasteiger partial charge in [0.05, 0.1) is 0 Å². The molecule has 3 rings (SSSR count). The van der Waals surface area contributed by atoms with E-state index in [-0.39, 0.29) is 17.9 Å². The average Bonchev–Trinajstić information content (AvgIpc) is 3.03. The number of aryl methyl sites for hydroxylation is 1. The third-order valence-electron chi connectivity index (χ3n) is 4.50. The predicted octanol–water partition coefficient (Wildman–Crippen LogP) is 1.40. The Morgan fingerprint density at radius 1 is 1.38 bits per heavy atom. The van der Waals surface area contributed by atoms with Crippen LogP contribution >= 0.6 is 0 Å². The lowest BCUT2D eigenvalue weighted by Gasteiger charge is -2.27. The average molecular weight is 329 g/mol. The van der Waals surface area contributed by atoms with Gasteiger partial charge in [-0.3, -0.25) is 9.59 Å². The second kappa shape index (κ2) is 6.98. The minimum absolute atomic E-state index is 0.0447. The van der Waals surface area contributed by atoms with Gasteiger partial charge in [0.25, 0.3) is 5.91 Å². The van der Waals surface area contributed by atoms with Gasteiger partial charge in [-0.2, -0.15) is 5.10 Å². The third kappa shape index (κ3) is 3.55. The van der Waals surface area contributed by atoms with E-state index >= 15 is 0 Å². The van der Waals surface area contributed by atoms with E-state index < -0.39 is 0 Å². The summed E-state index contributed by atoms with van der Waals surface area (Å²) in [5.41, 5.74) is 1.45. The quantitative estimate of drug-likeness (QED) is 0.906. The molecule has 7 nitrogen and oxygen atoms in total. The molecule has 0 saturated carbocycles. The van der Waals surface area contributed by atoms with Gasteiger partial charge in [0.15, 0.2) is 0 Å². The van der Waals surface area contributed by atoms with Crippen molar-refractivity contribution in [3.8, 4) is 0 Å². The lowest BCUT2D eigenvalue weighted by atomic mass is 10.1. The third-order valence-corrected chi connectivity index (χ3v) is 4.50. The Morgan fingerprint density at radius 2 is 2.21 bits per heavy atom. The molecule has 7 heteroatoms. The molecular weight excluding hydrogens is 306 g/mol. The molecule has 0 aromatic carbocycles. The van der Waals surface area contributed by atoms with Crippen LogP contribution in [0.5, 0.6) is 0 Å². The molecule has 1 N–H and O–H groups in total. The van der Waals surface area contributed by atoms with Crippen LogP contribution < -0.4 is 5.32 Å². The summed E-state index contributed by atoms with van der Waals surface area (Å²) in [6, 6.07) is 5.98. The highest BCUT2D eigenvalue weighted by atomic mass is 16.2. The SMILES string of the molecule is Cc1cccc(NCC2CCCN2C(=O)C2=NN(C)C(=O)CC2)n1. The summed E-state index contributed by atoms with van der Waals surface area (Å²) in [4.78, 5) is 30.6. The van der Waals surface area contributed by atoms with Gasteiger partial charge < -0.3 is 10.2 Å². The molecule has 0 spiro atoms. The first kappa shape index (κ1) is 16.4. The van der Waals surface area contributed by atoms with Gasteiger partial charge >= 0.3 is 0 Å². The fourth-order valence-corrected chi connectivity index (χ4v) is 3.17. The number of amides is 2. The topological polar surface area (TPSA) is 77.9 Å². The smallest absolute Gasteiger partial charge is 0.270 e. The van der Waals surface area contributed by atoms with Crippen LogP contribution in [-0.2, 0) is 9.59 Å². The Hall–Kier alpha value is -2.44. The summed E-state index contributed by atoms with van der Waals surface area (Å²) in [7, 11) is 1.60. The van der Waals surface area contributed by atoms with E-state index in [0.29, 0.717) is 25.1 Å². The van der Waals surface area contributed by atoms with Crippen LogP contribution in [0.1, 0.15) is 31.4 Å². The number of nitrogens with zero attached hydrogens (tertiary/aromatic N) is 4. The monoisotopic (exact) mass is 329 g/mol. The van der Waals surface area contributed by atoms with Crippen molar-refractivity contribution in [2.45, 2.75) is 38.6 Å². The lowest BCUT2D eigenvalue weighted by Crippen LogP contribution is -2.45. The summed E-state index contributed by atoms with van der Waals surface area (Å²) in [5.74, 6) is 0.738. The van der Waals surface area contributed by atoms with Crippen molar-refractivity contribution in [2.75, 3.05) is 25.5 Å². The van der Waals surface area contributed by atoms with E-state index in [1.54, 1.807) is 7.05 Å². The molecule has 1 saturated heterocycles. The van der Waals surface area contributed by atoms with Gasteiger partial charge in [0.1, 0.15) is 11.5 Å². The van der Waals surface area contributed by atoms with Crippen molar-refractivity contribution in [1.82, 2.24) is 14.9 Å². The minimum Gasteiger partial charge on any atom is -0.368 e. The second-order valence-electron chi connectivity index (χ2n) is 6.30. The fraction of sp³-hybridized carbons (Fsp3) is 0.529. The van der Waals surface area contributed by atoms with E-state index in [9.17, 15) is 9.59 Å². The van der Waals surface area contributed by atoms with Gasteiger partial charge in [-0.15, -0.1) is 0 Å². The van der Waals surface area contributed by atoms with Gasteiger partial charge in [0, 0.05) is 44.7 Å². The maximum Gasteiger partial charge on any atom is 0.270 e. The molecule has 0 radical (unpaired) electrons. The number of hydrazone groups is 1. The molecular formula is C17H23N5O2. The van der Waals surface area contributed by atoms with Crippen LogP contribution in [0.4, 0.5) is 5.82 Å². The van der Waals surface area contributed by atoms with Crippen molar-refractivity contribution in [3.05, 3.63) is 23.9 Å². The molecule has 1 atom stereocenters. The van der Waals surface area contributed by atoms with E-state index in [0.717, 1.165) is 30.9 Å². The molecule has 1 aromatic rings. The van der Waals surface area contributed by atoms with Gasteiger partial charge in [-0.25, -0.2) is 9.99 Å². The first-order chi connectivity index (χ1) is 11.5. The molecule has 3 heterocycles. The zero-order valence-corrected chi connectivity index (χ0v) is 14.2.